The molecule has 1 amide bonds. The van der Waals surface area contributed by atoms with Crippen LogP contribution in [0.15, 0.2) is 16.5 Å². The van der Waals surface area contributed by atoms with E-state index in [1.54, 1.807) is 0 Å². The SMILES string of the molecule is Cc1ccc(CN2CCC3(CCC(CNC(=O)C(C)C)O3)CC2)o1. The lowest BCUT2D eigenvalue weighted by Crippen LogP contribution is -2.45. The van der Waals surface area contributed by atoms with Gasteiger partial charge in [0, 0.05) is 25.6 Å². The van der Waals surface area contributed by atoms with E-state index in [0.717, 1.165) is 56.8 Å². The first kappa shape index (κ1) is 17.5. The summed E-state index contributed by atoms with van der Waals surface area (Å²) in [5.74, 6) is 2.17. The molecule has 1 aromatic rings. The molecular weight excluding hydrogens is 304 g/mol. The molecule has 1 N–H and O–H groups in total. The van der Waals surface area contributed by atoms with E-state index in [4.69, 9.17) is 9.15 Å². The van der Waals surface area contributed by atoms with Crippen molar-refractivity contribution in [3.8, 4) is 0 Å². The molecule has 1 aromatic heterocycles. The summed E-state index contributed by atoms with van der Waals surface area (Å²) >= 11 is 0. The summed E-state index contributed by atoms with van der Waals surface area (Å²) in [5.41, 5.74) is 0.0306. The van der Waals surface area contributed by atoms with Gasteiger partial charge in [-0.15, -0.1) is 0 Å². The Morgan fingerprint density at radius 2 is 2.08 bits per heavy atom. The minimum atomic E-state index is 0.0306. The zero-order chi connectivity index (χ0) is 17.2. The number of ether oxygens (including phenoxy) is 1. The van der Waals surface area contributed by atoms with Gasteiger partial charge in [0.1, 0.15) is 11.5 Å². The van der Waals surface area contributed by atoms with Gasteiger partial charge in [0.05, 0.1) is 18.2 Å². The number of hydrogen-bond donors (Lipinski definition) is 1. The van der Waals surface area contributed by atoms with E-state index in [0.29, 0.717) is 6.54 Å². The summed E-state index contributed by atoms with van der Waals surface area (Å²) in [5, 5.41) is 3.00. The first-order valence-corrected chi connectivity index (χ1v) is 9.19. The minimum absolute atomic E-state index is 0.0306. The van der Waals surface area contributed by atoms with Gasteiger partial charge in [0.25, 0.3) is 0 Å². The van der Waals surface area contributed by atoms with Gasteiger partial charge in [-0.25, -0.2) is 0 Å². The maximum absolute atomic E-state index is 11.7. The van der Waals surface area contributed by atoms with Gasteiger partial charge in [-0.05, 0) is 44.7 Å². The average molecular weight is 334 g/mol. The number of hydrogen-bond acceptors (Lipinski definition) is 4. The molecule has 1 spiro atoms. The quantitative estimate of drug-likeness (QED) is 0.899. The molecule has 0 radical (unpaired) electrons. The molecule has 3 heterocycles. The number of carbonyl (C=O) groups excluding carboxylic acids is 1. The van der Waals surface area contributed by atoms with E-state index in [2.05, 4.69) is 16.3 Å². The molecule has 0 aliphatic carbocycles. The van der Waals surface area contributed by atoms with Crippen LogP contribution in [0, 0.1) is 12.8 Å². The number of amides is 1. The second kappa shape index (κ2) is 7.28. The van der Waals surface area contributed by atoms with Crippen LogP contribution < -0.4 is 5.32 Å². The number of furan rings is 1. The number of nitrogens with one attached hydrogen (secondary N) is 1. The Balaban J connectivity index is 1.43. The Morgan fingerprint density at radius 3 is 2.71 bits per heavy atom. The van der Waals surface area contributed by atoms with Crippen molar-refractivity contribution >= 4 is 5.91 Å². The standard InChI is InChI=1S/C19H30N2O3/c1-14(2)18(22)20-12-16-6-7-19(24-16)8-10-21(11-9-19)13-17-5-4-15(3)23-17/h4-5,14,16H,6-13H2,1-3H3,(H,20,22). The van der Waals surface area contributed by atoms with Crippen molar-refractivity contribution in [3.05, 3.63) is 23.7 Å². The van der Waals surface area contributed by atoms with Crippen LogP contribution >= 0.6 is 0 Å². The van der Waals surface area contributed by atoms with Crippen molar-refractivity contribution in [2.45, 2.75) is 64.7 Å². The van der Waals surface area contributed by atoms with Gasteiger partial charge < -0.3 is 14.5 Å². The molecule has 0 aromatic carbocycles. The van der Waals surface area contributed by atoms with Crippen LogP contribution in [-0.4, -0.2) is 42.1 Å². The first-order chi connectivity index (χ1) is 11.5. The van der Waals surface area contributed by atoms with Gasteiger partial charge in [0.15, 0.2) is 0 Å². The highest BCUT2D eigenvalue weighted by Gasteiger charge is 2.42. The molecule has 3 rings (SSSR count). The van der Waals surface area contributed by atoms with E-state index >= 15 is 0 Å². The second-order valence-electron chi connectivity index (χ2n) is 7.65. The van der Waals surface area contributed by atoms with Gasteiger partial charge in [-0.2, -0.15) is 0 Å². The second-order valence-corrected chi connectivity index (χ2v) is 7.65. The smallest absolute Gasteiger partial charge is 0.222 e. The van der Waals surface area contributed by atoms with Crippen LogP contribution in [0.5, 0.6) is 0 Å². The van der Waals surface area contributed by atoms with Crippen LogP contribution in [0.3, 0.4) is 0 Å². The lowest BCUT2D eigenvalue weighted by atomic mass is 9.88. The Bertz CT molecular complexity index is 559. The van der Waals surface area contributed by atoms with Crippen molar-refractivity contribution in [2.24, 2.45) is 5.92 Å². The number of piperidine rings is 1. The molecule has 2 fully saturated rings. The minimum Gasteiger partial charge on any atom is -0.465 e. The topological polar surface area (TPSA) is 54.7 Å². The predicted molar refractivity (Wildman–Crippen MR) is 92.6 cm³/mol. The molecule has 2 aliphatic heterocycles. The predicted octanol–water partition coefficient (Wildman–Crippen LogP) is 2.87. The monoisotopic (exact) mass is 334 g/mol. The van der Waals surface area contributed by atoms with E-state index in [9.17, 15) is 4.79 Å². The summed E-state index contributed by atoms with van der Waals surface area (Å²) < 4.78 is 12.0. The highest BCUT2D eigenvalue weighted by Crippen LogP contribution is 2.39. The molecule has 1 atom stereocenters. The van der Waals surface area contributed by atoms with Crippen molar-refractivity contribution in [3.63, 3.8) is 0 Å². The lowest BCUT2D eigenvalue weighted by molar-refractivity contribution is -0.125. The highest BCUT2D eigenvalue weighted by atomic mass is 16.5. The maximum Gasteiger partial charge on any atom is 0.222 e. The Kier molecular flexibility index (Phi) is 5.30. The third-order valence-corrected chi connectivity index (χ3v) is 5.31. The van der Waals surface area contributed by atoms with Gasteiger partial charge in [0.2, 0.25) is 5.91 Å². The Morgan fingerprint density at radius 1 is 1.33 bits per heavy atom. The van der Waals surface area contributed by atoms with Crippen LogP contribution in [-0.2, 0) is 16.1 Å². The Labute approximate surface area is 144 Å². The molecule has 5 heteroatoms. The summed E-state index contributed by atoms with van der Waals surface area (Å²) in [6.07, 6.45) is 4.48. The number of nitrogens with zero attached hydrogens (tertiary/aromatic N) is 1. The fraction of sp³-hybridized carbons (Fsp3) is 0.737. The van der Waals surface area contributed by atoms with E-state index in [1.807, 2.05) is 26.8 Å². The molecule has 2 saturated heterocycles. The van der Waals surface area contributed by atoms with E-state index in [1.165, 1.54) is 0 Å². The van der Waals surface area contributed by atoms with Gasteiger partial charge in [-0.3, -0.25) is 9.69 Å². The van der Waals surface area contributed by atoms with Crippen LogP contribution in [0.25, 0.3) is 0 Å². The molecular formula is C19H30N2O3. The molecule has 5 nitrogen and oxygen atoms in total. The van der Waals surface area contributed by atoms with E-state index in [-0.39, 0.29) is 23.5 Å². The summed E-state index contributed by atoms with van der Waals surface area (Å²) in [6, 6.07) is 4.09. The number of aryl methyl sites for hydroxylation is 1. The maximum atomic E-state index is 11.7. The summed E-state index contributed by atoms with van der Waals surface area (Å²) in [4.78, 5) is 14.1. The van der Waals surface area contributed by atoms with Crippen molar-refractivity contribution in [2.75, 3.05) is 19.6 Å². The molecule has 134 valence electrons. The fourth-order valence-corrected chi connectivity index (χ4v) is 3.73. The van der Waals surface area contributed by atoms with Crippen LogP contribution in [0.2, 0.25) is 0 Å². The van der Waals surface area contributed by atoms with Crippen molar-refractivity contribution < 1.29 is 13.9 Å². The van der Waals surface area contributed by atoms with Crippen LogP contribution in [0.1, 0.15) is 51.1 Å². The first-order valence-electron chi connectivity index (χ1n) is 9.19. The van der Waals surface area contributed by atoms with Crippen molar-refractivity contribution in [1.29, 1.82) is 0 Å². The summed E-state index contributed by atoms with van der Waals surface area (Å²) in [7, 11) is 0. The molecule has 0 saturated carbocycles. The number of rotatable bonds is 5. The largest absolute Gasteiger partial charge is 0.465 e. The summed E-state index contributed by atoms with van der Waals surface area (Å²) in [6.45, 7) is 9.45. The Hall–Kier alpha value is -1.33. The highest BCUT2D eigenvalue weighted by molar-refractivity contribution is 5.77. The molecule has 0 bridgehead atoms. The van der Waals surface area contributed by atoms with Gasteiger partial charge in [-0.1, -0.05) is 13.8 Å². The molecule has 1 unspecified atom stereocenters. The van der Waals surface area contributed by atoms with Crippen LogP contribution in [0.4, 0.5) is 0 Å². The van der Waals surface area contributed by atoms with E-state index < -0.39 is 0 Å². The molecule has 24 heavy (non-hydrogen) atoms. The zero-order valence-electron chi connectivity index (χ0n) is 15.1. The fourth-order valence-electron chi connectivity index (χ4n) is 3.73. The zero-order valence-corrected chi connectivity index (χ0v) is 15.1. The number of carbonyl (C=O) groups is 1. The third kappa shape index (κ3) is 4.19. The number of likely N-dealkylation sites (tertiary alicyclic amines) is 1. The third-order valence-electron chi connectivity index (χ3n) is 5.31. The average Bonchev–Trinajstić information content (AvgIpc) is 3.14. The molecule has 2 aliphatic rings. The lowest BCUT2D eigenvalue weighted by Gasteiger charge is -2.39. The normalized spacial score (nSPS) is 23.9. The van der Waals surface area contributed by atoms with Gasteiger partial charge >= 0.3 is 0 Å². The van der Waals surface area contributed by atoms with Crippen molar-refractivity contribution in [1.82, 2.24) is 10.2 Å².